The summed E-state index contributed by atoms with van der Waals surface area (Å²) in [5.41, 5.74) is 1.71. The molecule has 5 nitrogen and oxygen atoms in total. The molecule has 20 heavy (non-hydrogen) atoms. The average molecular weight is 330 g/mol. The summed E-state index contributed by atoms with van der Waals surface area (Å²) in [5.74, 6) is 1.39. The molecule has 3 heterocycles. The van der Waals surface area contributed by atoms with Gasteiger partial charge in [-0.1, -0.05) is 11.3 Å². The van der Waals surface area contributed by atoms with Crippen LogP contribution in [-0.4, -0.2) is 32.9 Å². The number of ether oxygens (including phenoxy) is 1. The summed E-state index contributed by atoms with van der Waals surface area (Å²) >= 11 is 0.394. The van der Waals surface area contributed by atoms with E-state index in [2.05, 4.69) is 15.0 Å². The Kier molecular flexibility index (Phi) is 4.54. The van der Waals surface area contributed by atoms with Gasteiger partial charge in [0.2, 0.25) is 4.21 Å². The summed E-state index contributed by atoms with van der Waals surface area (Å²) in [7, 11) is 1.60. The van der Waals surface area contributed by atoms with Crippen molar-refractivity contribution in [1.82, 2.24) is 15.0 Å². The summed E-state index contributed by atoms with van der Waals surface area (Å²) in [4.78, 5) is 12.6. The summed E-state index contributed by atoms with van der Waals surface area (Å²) in [6.07, 6.45) is 5.06. The third-order valence-electron chi connectivity index (χ3n) is 2.68. The first-order valence-corrected chi connectivity index (χ1v) is 7.88. The quantitative estimate of drug-likeness (QED) is 0.750. The molecule has 3 aromatic rings. The van der Waals surface area contributed by atoms with Gasteiger partial charge in [0.25, 0.3) is 0 Å². The molecular formula is C12H12ClN3O2S2. The van der Waals surface area contributed by atoms with Crippen LogP contribution in [0.15, 0.2) is 28.7 Å². The lowest BCUT2D eigenvalue weighted by atomic mass is 10.4. The Morgan fingerprint density at radius 1 is 1.45 bits per heavy atom. The van der Waals surface area contributed by atoms with E-state index in [4.69, 9.17) is 4.74 Å². The number of aromatic amines is 1. The highest BCUT2D eigenvalue weighted by Crippen LogP contribution is 2.39. The number of fused-ring (bicyclic) bond motifs is 1. The zero-order valence-electron chi connectivity index (χ0n) is 10.7. The lowest BCUT2D eigenvalue weighted by molar-refractivity contribution is 0.417. The highest BCUT2D eigenvalue weighted by molar-refractivity contribution is 7.92. The first kappa shape index (κ1) is 15.1. The molecule has 0 radical (unpaired) electrons. The molecule has 1 unspecified atom stereocenters. The molecule has 3 rings (SSSR count). The van der Waals surface area contributed by atoms with Crippen LogP contribution in [0.25, 0.3) is 21.7 Å². The number of hydrogen-bond donors (Lipinski definition) is 1. The van der Waals surface area contributed by atoms with Crippen LogP contribution in [0.5, 0.6) is 5.75 Å². The number of nitrogens with one attached hydrogen (secondary N) is 1. The van der Waals surface area contributed by atoms with Crippen molar-refractivity contribution in [3.05, 3.63) is 24.5 Å². The Labute approximate surface area is 129 Å². The van der Waals surface area contributed by atoms with Crippen molar-refractivity contribution in [2.45, 2.75) is 4.21 Å². The van der Waals surface area contributed by atoms with Gasteiger partial charge in [-0.3, -0.25) is 4.98 Å². The van der Waals surface area contributed by atoms with Crippen LogP contribution in [0.2, 0.25) is 0 Å². The van der Waals surface area contributed by atoms with Crippen LogP contribution in [-0.2, 0) is 11.2 Å². The number of aromatic nitrogens is 3. The number of pyridine rings is 1. The Bertz CT molecular complexity index is 693. The topological polar surface area (TPSA) is 73.9 Å². The Hall–Kier alpha value is -1.28. The van der Waals surface area contributed by atoms with E-state index in [1.54, 1.807) is 31.8 Å². The van der Waals surface area contributed by atoms with Gasteiger partial charge in [0.15, 0.2) is 5.82 Å². The van der Waals surface area contributed by atoms with Crippen molar-refractivity contribution >= 4 is 46.0 Å². The van der Waals surface area contributed by atoms with Gasteiger partial charge in [-0.25, -0.2) is 4.98 Å². The third-order valence-corrected chi connectivity index (χ3v) is 5.24. The van der Waals surface area contributed by atoms with Crippen molar-refractivity contribution in [1.29, 1.82) is 0 Å². The van der Waals surface area contributed by atoms with Crippen LogP contribution < -0.4 is 4.74 Å². The summed E-state index contributed by atoms with van der Waals surface area (Å²) in [6, 6.07) is 3.66. The van der Waals surface area contributed by atoms with Gasteiger partial charge >= 0.3 is 0 Å². The third kappa shape index (κ3) is 2.62. The molecule has 0 aromatic carbocycles. The number of imidazole rings is 1. The summed E-state index contributed by atoms with van der Waals surface area (Å²) in [5, 5.41) is 0. The number of halogens is 1. The highest BCUT2D eigenvalue weighted by Gasteiger charge is 2.19. The number of H-pyrrole nitrogens is 1. The van der Waals surface area contributed by atoms with Crippen molar-refractivity contribution in [3.8, 4) is 16.5 Å². The lowest BCUT2D eigenvalue weighted by Crippen LogP contribution is -1.92. The molecule has 0 saturated carbocycles. The number of rotatable bonds is 3. The molecule has 0 amide bonds. The van der Waals surface area contributed by atoms with Gasteiger partial charge < -0.3 is 14.3 Å². The molecule has 0 saturated heterocycles. The number of thiophene rings is 1. The molecule has 0 bridgehead atoms. The normalized spacial score (nSPS) is 12.2. The minimum Gasteiger partial charge on any atom is -0.611 e. The molecule has 0 fully saturated rings. The first-order valence-electron chi connectivity index (χ1n) is 5.50. The maximum absolute atomic E-state index is 11.6. The monoisotopic (exact) mass is 329 g/mol. The van der Waals surface area contributed by atoms with Crippen molar-refractivity contribution in [2.24, 2.45) is 0 Å². The minimum atomic E-state index is -1.03. The van der Waals surface area contributed by atoms with E-state index in [0.717, 1.165) is 20.1 Å². The van der Waals surface area contributed by atoms with E-state index < -0.39 is 11.2 Å². The van der Waals surface area contributed by atoms with Crippen molar-refractivity contribution in [3.63, 3.8) is 0 Å². The van der Waals surface area contributed by atoms with Crippen LogP contribution in [0.3, 0.4) is 0 Å². The van der Waals surface area contributed by atoms with E-state index in [0.29, 0.717) is 11.6 Å². The van der Waals surface area contributed by atoms with Gasteiger partial charge in [-0.2, -0.15) is 0 Å². The molecule has 0 aliphatic heterocycles. The maximum atomic E-state index is 11.6. The Morgan fingerprint density at radius 2 is 2.25 bits per heavy atom. The highest BCUT2D eigenvalue weighted by atomic mass is 35.5. The second kappa shape index (κ2) is 6.01. The second-order valence-corrected chi connectivity index (χ2v) is 6.55. The number of nitrogens with zero attached hydrogens (tertiary/aromatic N) is 2. The fraction of sp³-hybridized carbons (Fsp3) is 0.167. The van der Waals surface area contributed by atoms with E-state index in [-0.39, 0.29) is 12.4 Å². The van der Waals surface area contributed by atoms with Crippen LogP contribution in [0.1, 0.15) is 0 Å². The fourth-order valence-corrected chi connectivity index (χ4v) is 3.57. The van der Waals surface area contributed by atoms with E-state index in [9.17, 15) is 4.55 Å². The molecular weight excluding hydrogens is 318 g/mol. The van der Waals surface area contributed by atoms with Crippen molar-refractivity contribution in [2.75, 3.05) is 13.4 Å². The lowest BCUT2D eigenvalue weighted by Gasteiger charge is -1.97. The largest absolute Gasteiger partial charge is 0.611 e. The summed E-state index contributed by atoms with van der Waals surface area (Å²) in [6.45, 7) is 0. The first-order chi connectivity index (χ1) is 9.19. The molecule has 0 aliphatic rings. The standard InChI is InChI=1S/C12H11N3O2S2.ClH/c1-17-9-5-10(19(2)16)18-11(9)12-14-7-3-4-13-6-8(7)15-12;/h3-6H,1-2H3,(H,14,15);1H. The zero-order valence-corrected chi connectivity index (χ0v) is 13.2. The summed E-state index contributed by atoms with van der Waals surface area (Å²) < 4.78 is 17.7. The fourth-order valence-electron chi connectivity index (χ4n) is 1.78. The van der Waals surface area contributed by atoms with Crippen LogP contribution >= 0.6 is 23.7 Å². The molecule has 0 aliphatic carbocycles. The number of methoxy groups -OCH3 is 1. The van der Waals surface area contributed by atoms with E-state index >= 15 is 0 Å². The van der Waals surface area contributed by atoms with Crippen LogP contribution in [0, 0.1) is 0 Å². The predicted octanol–water partition coefficient (Wildman–Crippen LogP) is 2.85. The Balaban J connectivity index is 0.00000147. The van der Waals surface area contributed by atoms with Gasteiger partial charge in [0, 0.05) is 12.3 Å². The average Bonchev–Trinajstić information content (AvgIpc) is 3.01. The molecule has 1 N–H and O–H groups in total. The van der Waals surface area contributed by atoms with Crippen LogP contribution in [0.4, 0.5) is 0 Å². The van der Waals surface area contributed by atoms with Gasteiger partial charge in [-0.15, -0.1) is 12.4 Å². The SMILES string of the molecule is COc1cc([S+](C)[O-])sc1-c1nc2cnccc2[nH]1.Cl. The van der Waals surface area contributed by atoms with Gasteiger partial charge in [0.05, 0.1) is 18.8 Å². The zero-order chi connectivity index (χ0) is 13.4. The molecule has 8 heteroatoms. The molecule has 106 valence electrons. The van der Waals surface area contributed by atoms with Gasteiger partial charge in [-0.05, 0) is 17.2 Å². The van der Waals surface area contributed by atoms with Gasteiger partial charge in [0.1, 0.15) is 22.4 Å². The Morgan fingerprint density at radius 3 is 2.90 bits per heavy atom. The van der Waals surface area contributed by atoms with E-state index in [1.165, 1.54) is 11.3 Å². The second-order valence-electron chi connectivity index (χ2n) is 3.90. The predicted molar refractivity (Wildman–Crippen MR) is 83.3 cm³/mol. The smallest absolute Gasteiger partial charge is 0.210 e. The maximum Gasteiger partial charge on any atom is 0.210 e. The van der Waals surface area contributed by atoms with E-state index in [1.807, 2.05) is 6.07 Å². The van der Waals surface area contributed by atoms with Crippen molar-refractivity contribution < 1.29 is 9.29 Å². The number of hydrogen-bond acceptors (Lipinski definition) is 5. The molecule has 3 aromatic heterocycles. The minimum absolute atomic E-state index is 0. The molecule has 1 atom stereocenters. The molecule has 0 spiro atoms.